The lowest BCUT2D eigenvalue weighted by Crippen LogP contribution is -2.44. The van der Waals surface area contributed by atoms with E-state index in [0.717, 1.165) is 12.8 Å². The quantitative estimate of drug-likeness (QED) is 0.593. The summed E-state index contributed by atoms with van der Waals surface area (Å²) in [7, 11) is 0. The molecule has 2 heterocycles. The van der Waals surface area contributed by atoms with E-state index in [1.807, 2.05) is 13.1 Å². The number of nitrogens with one attached hydrogen (secondary N) is 2. The van der Waals surface area contributed by atoms with Crippen LogP contribution in [0.4, 0.5) is 5.82 Å². The van der Waals surface area contributed by atoms with E-state index >= 15 is 0 Å². The van der Waals surface area contributed by atoms with Crippen LogP contribution in [0.15, 0.2) is 41.1 Å². The van der Waals surface area contributed by atoms with Crippen molar-refractivity contribution < 1.29 is 9.32 Å². The van der Waals surface area contributed by atoms with Gasteiger partial charge in [0.2, 0.25) is 5.91 Å². The zero-order valence-corrected chi connectivity index (χ0v) is 18.7. The third-order valence-electron chi connectivity index (χ3n) is 8.54. The largest absolute Gasteiger partial charge is 0.360 e. The fourth-order valence-corrected chi connectivity index (χ4v) is 7.29. The lowest BCUT2D eigenvalue weighted by atomic mass is 9.53. The number of benzene rings is 1. The van der Waals surface area contributed by atoms with Gasteiger partial charge in [0.1, 0.15) is 5.76 Å². The van der Waals surface area contributed by atoms with Gasteiger partial charge in [-0.2, -0.15) is 5.10 Å². The first-order valence-electron chi connectivity index (χ1n) is 11.9. The van der Waals surface area contributed by atoms with Crippen LogP contribution in [0.2, 0.25) is 0 Å². The van der Waals surface area contributed by atoms with E-state index in [4.69, 9.17) is 4.52 Å². The van der Waals surface area contributed by atoms with Crippen molar-refractivity contribution in [2.45, 2.75) is 69.6 Å². The standard InChI is InChI=1S/C26H30N4O2/c1-15-13-22(30-32-15)28-23(31)10-9-20-21-14-27-29-25(21)26(2)12-11-18-17-6-4-3-5-16(17)7-8-19(18)24(20)26/h3-6,13-14,18-20,24H,7-12H2,1-2H3,(H,27,29)(H,28,30,31)/t18?,19?,20-,24?,26+/m1/s1. The Bertz CT molecular complexity index is 1160. The number of anilines is 1. The van der Waals surface area contributed by atoms with Crippen molar-refractivity contribution in [1.29, 1.82) is 0 Å². The Balaban J connectivity index is 1.27. The van der Waals surface area contributed by atoms with Gasteiger partial charge < -0.3 is 9.84 Å². The molecule has 1 amide bonds. The van der Waals surface area contributed by atoms with Crippen molar-refractivity contribution in [2.75, 3.05) is 5.32 Å². The Kier molecular flexibility index (Phi) is 4.52. The number of aryl methyl sites for hydroxylation is 2. The summed E-state index contributed by atoms with van der Waals surface area (Å²) >= 11 is 0. The molecule has 5 atom stereocenters. The van der Waals surface area contributed by atoms with Crippen molar-refractivity contribution in [3.63, 3.8) is 0 Å². The molecule has 32 heavy (non-hydrogen) atoms. The average molecular weight is 431 g/mol. The minimum Gasteiger partial charge on any atom is -0.360 e. The summed E-state index contributed by atoms with van der Waals surface area (Å²) in [6.45, 7) is 4.26. The maximum atomic E-state index is 12.7. The molecule has 6 nitrogen and oxygen atoms in total. The molecule has 1 fully saturated rings. The Morgan fingerprint density at radius 1 is 1.28 bits per heavy atom. The van der Waals surface area contributed by atoms with Gasteiger partial charge >= 0.3 is 0 Å². The van der Waals surface area contributed by atoms with Crippen molar-refractivity contribution in [2.24, 2.45) is 11.8 Å². The van der Waals surface area contributed by atoms with Gasteiger partial charge in [0.15, 0.2) is 5.82 Å². The predicted molar refractivity (Wildman–Crippen MR) is 122 cm³/mol. The highest BCUT2D eigenvalue weighted by Crippen LogP contribution is 2.64. The zero-order chi connectivity index (χ0) is 21.9. The third kappa shape index (κ3) is 2.95. The minimum absolute atomic E-state index is 0.00158. The van der Waals surface area contributed by atoms with Gasteiger partial charge in [-0.3, -0.25) is 9.89 Å². The van der Waals surface area contributed by atoms with E-state index < -0.39 is 0 Å². The molecule has 0 aliphatic heterocycles. The molecule has 6 heteroatoms. The Hall–Kier alpha value is -2.89. The molecule has 0 spiro atoms. The summed E-state index contributed by atoms with van der Waals surface area (Å²) < 4.78 is 5.07. The van der Waals surface area contributed by atoms with Crippen molar-refractivity contribution in [3.05, 3.63) is 64.7 Å². The zero-order valence-electron chi connectivity index (χ0n) is 18.7. The molecule has 0 radical (unpaired) electrons. The summed E-state index contributed by atoms with van der Waals surface area (Å²) in [5, 5.41) is 14.6. The lowest BCUT2D eigenvalue weighted by molar-refractivity contribution is -0.116. The second-order valence-corrected chi connectivity index (χ2v) is 10.2. The Morgan fingerprint density at radius 2 is 2.16 bits per heavy atom. The van der Waals surface area contributed by atoms with Crippen LogP contribution in [0.5, 0.6) is 0 Å². The van der Waals surface area contributed by atoms with Crippen LogP contribution >= 0.6 is 0 Å². The SMILES string of the molecule is Cc1cc(NC(=O)CC[C@@H]2c3cn[nH]c3[C@@]3(C)CCC4c5ccccc5CCC4C23)no1. The van der Waals surface area contributed by atoms with E-state index in [1.165, 1.54) is 36.1 Å². The van der Waals surface area contributed by atoms with Gasteiger partial charge in [-0.25, -0.2) is 0 Å². The number of carbonyl (C=O) groups is 1. The van der Waals surface area contributed by atoms with Crippen LogP contribution in [-0.4, -0.2) is 21.3 Å². The molecule has 2 N–H and O–H groups in total. The van der Waals surface area contributed by atoms with E-state index in [-0.39, 0.29) is 11.3 Å². The van der Waals surface area contributed by atoms with Gasteiger partial charge in [-0.05, 0) is 79.4 Å². The fourth-order valence-electron chi connectivity index (χ4n) is 7.29. The molecule has 0 saturated heterocycles. The molecular formula is C26H30N4O2. The highest BCUT2D eigenvalue weighted by Gasteiger charge is 2.57. The molecule has 3 aliphatic carbocycles. The predicted octanol–water partition coefficient (Wildman–Crippen LogP) is 5.24. The molecular weight excluding hydrogens is 400 g/mol. The number of hydrogen-bond donors (Lipinski definition) is 2. The van der Waals surface area contributed by atoms with Crippen LogP contribution in [-0.2, 0) is 16.6 Å². The normalized spacial score (nSPS) is 30.2. The van der Waals surface area contributed by atoms with Crippen LogP contribution in [0.3, 0.4) is 0 Å². The summed E-state index contributed by atoms with van der Waals surface area (Å²) in [6, 6.07) is 10.8. The average Bonchev–Trinajstić information content (AvgIpc) is 3.49. The summed E-state index contributed by atoms with van der Waals surface area (Å²) in [5.41, 5.74) is 5.87. The number of aromatic amines is 1. The minimum atomic E-state index is -0.00158. The lowest BCUT2D eigenvalue weighted by Gasteiger charge is -2.50. The van der Waals surface area contributed by atoms with Crippen molar-refractivity contribution in [1.82, 2.24) is 15.4 Å². The molecule has 0 bridgehead atoms. The summed E-state index contributed by atoms with van der Waals surface area (Å²) in [4.78, 5) is 12.7. The van der Waals surface area contributed by atoms with Gasteiger partial charge in [-0.1, -0.05) is 36.3 Å². The van der Waals surface area contributed by atoms with E-state index in [0.29, 0.717) is 41.7 Å². The number of H-pyrrole nitrogens is 1. The molecule has 3 aromatic rings. The van der Waals surface area contributed by atoms with E-state index in [2.05, 4.69) is 51.9 Å². The second kappa shape index (κ2) is 7.32. The first-order chi connectivity index (χ1) is 15.5. The molecule has 166 valence electrons. The monoisotopic (exact) mass is 430 g/mol. The first-order valence-corrected chi connectivity index (χ1v) is 11.9. The van der Waals surface area contributed by atoms with Crippen molar-refractivity contribution >= 4 is 11.7 Å². The van der Waals surface area contributed by atoms with Crippen LogP contribution in [0, 0.1) is 18.8 Å². The van der Waals surface area contributed by atoms with Gasteiger partial charge in [0, 0.05) is 23.6 Å². The van der Waals surface area contributed by atoms with Crippen LogP contribution in [0.1, 0.15) is 79.0 Å². The summed E-state index contributed by atoms with van der Waals surface area (Å²) in [6.07, 6.45) is 8.13. The van der Waals surface area contributed by atoms with Crippen LogP contribution in [0.25, 0.3) is 0 Å². The number of rotatable bonds is 4. The summed E-state index contributed by atoms with van der Waals surface area (Å²) in [5.74, 6) is 3.37. The Morgan fingerprint density at radius 3 is 3.00 bits per heavy atom. The molecule has 2 aromatic heterocycles. The number of carbonyl (C=O) groups excluding carboxylic acids is 1. The number of aromatic nitrogens is 3. The highest BCUT2D eigenvalue weighted by molar-refractivity contribution is 5.89. The molecule has 1 saturated carbocycles. The van der Waals surface area contributed by atoms with Gasteiger partial charge in [0.25, 0.3) is 0 Å². The highest BCUT2D eigenvalue weighted by atomic mass is 16.5. The van der Waals surface area contributed by atoms with Gasteiger partial charge in [0.05, 0.1) is 6.20 Å². The smallest absolute Gasteiger partial charge is 0.225 e. The number of hydrogen-bond acceptors (Lipinski definition) is 4. The fraction of sp³-hybridized carbons (Fsp3) is 0.500. The Labute approximate surface area is 188 Å². The molecule has 1 aromatic carbocycles. The molecule has 6 rings (SSSR count). The van der Waals surface area contributed by atoms with E-state index in [1.54, 1.807) is 11.6 Å². The second-order valence-electron chi connectivity index (χ2n) is 10.2. The number of fused-ring (bicyclic) bond motifs is 7. The topological polar surface area (TPSA) is 83.8 Å². The maximum absolute atomic E-state index is 12.7. The number of nitrogens with zero attached hydrogens (tertiary/aromatic N) is 2. The van der Waals surface area contributed by atoms with Crippen molar-refractivity contribution in [3.8, 4) is 0 Å². The molecule has 3 aliphatic rings. The van der Waals surface area contributed by atoms with Gasteiger partial charge in [-0.15, -0.1) is 0 Å². The maximum Gasteiger partial charge on any atom is 0.225 e. The molecule has 3 unspecified atom stereocenters. The van der Waals surface area contributed by atoms with E-state index in [9.17, 15) is 4.79 Å². The van der Waals surface area contributed by atoms with Crippen LogP contribution < -0.4 is 5.32 Å². The third-order valence-corrected chi connectivity index (χ3v) is 8.54. The first kappa shape index (κ1) is 19.8. The number of amides is 1.